The fraction of sp³-hybridized carbons (Fsp3) is 0.474. The summed E-state index contributed by atoms with van der Waals surface area (Å²) < 4.78 is 10.5. The van der Waals surface area contributed by atoms with E-state index in [9.17, 15) is 9.59 Å². The summed E-state index contributed by atoms with van der Waals surface area (Å²) in [6.45, 7) is 3.79. The van der Waals surface area contributed by atoms with Crippen LogP contribution in [0.25, 0.3) is 0 Å². The zero-order valence-corrected chi connectivity index (χ0v) is 17.2. The molecule has 156 valence electrons. The molecule has 1 fully saturated rings. The number of carbonyl (C=O) groups excluding carboxylic acids is 2. The van der Waals surface area contributed by atoms with Gasteiger partial charge in [0.15, 0.2) is 0 Å². The van der Waals surface area contributed by atoms with E-state index in [1.54, 1.807) is 31.4 Å². The van der Waals surface area contributed by atoms with Crippen molar-refractivity contribution in [3.63, 3.8) is 0 Å². The lowest BCUT2D eigenvalue weighted by molar-refractivity contribution is -0.126. The topological polar surface area (TPSA) is 106 Å². The summed E-state index contributed by atoms with van der Waals surface area (Å²) in [6, 6.07) is 6.99. The average Bonchev–Trinajstić information content (AvgIpc) is 3.41. The monoisotopic (exact) mass is 419 g/mol. The van der Waals surface area contributed by atoms with Crippen LogP contribution in [0.5, 0.6) is 5.75 Å². The van der Waals surface area contributed by atoms with Gasteiger partial charge in [-0.05, 0) is 50.2 Å². The van der Waals surface area contributed by atoms with Crippen molar-refractivity contribution in [3.8, 4) is 5.75 Å². The van der Waals surface area contributed by atoms with Crippen molar-refractivity contribution in [3.05, 3.63) is 34.3 Å². The maximum atomic E-state index is 12.2. The molecule has 2 amide bonds. The molecule has 0 bridgehead atoms. The lowest BCUT2D eigenvalue weighted by Gasteiger charge is -2.14. The van der Waals surface area contributed by atoms with E-state index in [0.29, 0.717) is 23.0 Å². The van der Waals surface area contributed by atoms with Crippen molar-refractivity contribution in [2.24, 2.45) is 0 Å². The van der Waals surface area contributed by atoms with Crippen molar-refractivity contribution in [2.45, 2.75) is 19.4 Å². The number of anilines is 1. The number of nitrogens with one attached hydrogen (secondary N) is 2. The number of rotatable bonds is 10. The number of nitrogens with zero attached hydrogens (tertiary/aromatic N) is 3. The second-order valence-electron chi connectivity index (χ2n) is 6.58. The molecule has 1 saturated heterocycles. The molecule has 1 aliphatic heterocycles. The van der Waals surface area contributed by atoms with E-state index in [2.05, 4.69) is 25.7 Å². The Bertz CT molecular complexity index is 805. The van der Waals surface area contributed by atoms with Gasteiger partial charge in [-0.3, -0.25) is 9.59 Å². The second kappa shape index (κ2) is 10.8. The van der Waals surface area contributed by atoms with Gasteiger partial charge in [0.05, 0.1) is 7.11 Å². The fourth-order valence-electron chi connectivity index (χ4n) is 2.90. The number of aromatic nitrogens is 2. The largest absolute Gasteiger partial charge is 0.497 e. The molecule has 0 atom stereocenters. The third-order valence-corrected chi connectivity index (χ3v) is 5.31. The third-order valence-electron chi connectivity index (χ3n) is 4.42. The van der Waals surface area contributed by atoms with Crippen LogP contribution in [0.2, 0.25) is 0 Å². The first kappa shape index (κ1) is 21.2. The molecule has 2 N–H and O–H groups in total. The summed E-state index contributed by atoms with van der Waals surface area (Å²) in [6.07, 6.45) is 2.47. The minimum atomic E-state index is -0.349. The van der Waals surface area contributed by atoms with Crippen LogP contribution in [0, 0.1) is 0 Å². The lowest BCUT2D eigenvalue weighted by atomic mass is 10.3. The molecule has 2 heterocycles. The van der Waals surface area contributed by atoms with Crippen LogP contribution in [0.4, 0.5) is 5.69 Å². The Morgan fingerprint density at radius 2 is 1.93 bits per heavy atom. The number of carbonyl (C=O) groups is 2. The van der Waals surface area contributed by atoms with Gasteiger partial charge in [0.25, 0.3) is 5.91 Å². The Morgan fingerprint density at radius 3 is 2.66 bits per heavy atom. The molecule has 3 rings (SSSR count). The molecule has 0 aliphatic carbocycles. The molecule has 0 spiro atoms. The van der Waals surface area contributed by atoms with Crippen LogP contribution in [0.3, 0.4) is 0 Å². The van der Waals surface area contributed by atoms with E-state index >= 15 is 0 Å². The molecular formula is C19H25N5O4S. The number of benzene rings is 1. The van der Waals surface area contributed by atoms with Crippen LogP contribution in [0.15, 0.2) is 24.3 Å². The fourth-order valence-corrected chi connectivity index (χ4v) is 3.58. The number of likely N-dealkylation sites (tertiary alicyclic amines) is 1. The van der Waals surface area contributed by atoms with Gasteiger partial charge < -0.3 is 25.0 Å². The predicted molar refractivity (Wildman–Crippen MR) is 109 cm³/mol. The van der Waals surface area contributed by atoms with E-state index in [4.69, 9.17) is 9.47 Å². The van der Waals surface area contributed by atoms with Crippen LogP contribution in [-0.2, 0) is 16.1 Å². The highest BCUT2D eigenvalue weighted by Crippen LogP contribution is 2.17. The Kier molecular flexibility index (Phi) is 7.91. The number of hydrogen-bond donors (Lipinski definition) is 2. The van der Waals surface area contributed by atoms with Crippen molar-refractivity contribution in [1.82, 2.24) is 20.4 Å². The first-order valence-electron chi connectivity index (χ1n) is 9.48. The summed E-state index contributed by atoms with van der Waals surface area (Å²) in [5.41, 5.74) is 0.634. The molecule has 0 saturated carbocycles. The Labute approximate surface area is 173 Å². The molecule has 1 aromatic heterocycles. The number of hydrogen-bond acceptors (Lipinski definition) is 8. The first-order chi connectivity index (χ1) is 14.1. The summed E-state index contributed by atoms with van der Waals surface area (Å²) in [5.74, 6) is 0.197. The minimum Gasteiger partial charge on any atom is -0.497 e. The average molecular weight is 420 g/mol. The molecule has 9 nitrogen and oxygen atoms in total. The van der Waals surface area contributed by atoms with E-state index in [1.165, 1.54) is 12.8 Å². The van der Waals surface area contributed by atoms with Crippen LogP contribution >= 0.6 is 11.3 Å². The van der Waals surface area contributed by atoms with E-state index in [1.807, 2.05) is 0 Å². The number of methoxy groups -OCH3 is 1. The Balaban J connectivity index is 1.35. The van der Waals surface area contributed by atoms with Crippen molar-refractivity contribution < 1.29 is 19.1 Å². The number of ether oxygens (including phenoxy) is 2. The van der Waals surface area contributed by atoms with Crippen molar-refractivity contribution >= 4 is 28.8 Å². The first-order valence-corrected chi connectivity index (χ1v) is 10.3. The summed E-state index contributed by atoms with van der Waals surface area (Å²) in [4.78, 5) is 26.4. The maximum absolute atomic E-state index is 12.2. The Morgan fingerprint density at radius 1 is 1.17 bits per heavy atom. The predicted octanol–water partition coefficient (Wildman–Crippen LogP) is 1.53. The molecule has 2 aromatic rings. The second-order valence-corrected chi connectivity index (χ2v) is 7.64. The molecule has 29 heavy (non-hydrogen) atoms. The molecule has 1 aliphatic rings. The smallest absolute Gasteiger partial charge is 0.286 e. The molecule has 0 unspecified atom stereocenters. The third kappa shape index (κ3) is 6.77. The standard InChI is InChI=1S/C19H25N5O4S/c1-27-15-6-4-14(5-7-15)21-18(26)19-23-22-17(29-19)13-28-12-16(25)20-8-11-24-9-2-3-10-24/h4-7H,2-3,8-13H2,1H3,(H,20,25)(H,21,26). The molecule has 1 aromatic carbocycles. The van der Waals surface area contributed by atoms with Gasteiger partial charge in [-0.2, -0.15) is 0 Å². The summed E-state index contributed by atoms with van der Waals surface area (Å²) in [7, 11) is 1.58. The quantitative estimate of drug-likeness (QED) is 0.602. The number of amides is 2. The van der Waals surface area contributed by atoms with Gasteiger partial charge in [0, 0.05) is 18.8 Å². The van der Waals surface area contributed by atoms with E-state index < -0.39 is 0 Å². The summed E-state index contributed by atoms with van der Waals surface area (Å²) in [5, 5.41) is 14.2. The van der Waals surface area contributed by atoms with Crippen LogP contribution < -0.4 is 15.4 Å². The molecule has 0 radical (unpaired) electrons. The molecule has 10 heteroatoms. The van der Waals surface area contributed by atoms with Gasteiger partial charge in [0.1, 0.15) is 24.0 Å². The molecular weight excluding hydrogens is 394 g/mol. The van der Waals surface area contributed by atoms with E-state index in [0.717, 1.165) is 31.0 Å². The van der Waals surface area contributed by atoms with Gasteiger partial charge in [-0.25, -0.2) is 0 Å². The van der Waals surface area contributed by atoms with Crippen molar-refractivity contribution in [2.75, 3.05) is 45.2 Å². The van der Waals surface area contributed by atoms with Gasteiger partial charge in [0.2, 0.25) is 10.9 Å². The lowest BCUT2D eigenvalue weighted by Crippen LogP contribution is -2.35. The van der Waals surface area contributed by atoms with Crippen LogP contribution in [-0.4, -0.2) is 66.8 Å². The van der Waals surface area contributed by atoms with Crippen molar-refractivity contribution in [1.29, 1.82) is 0 Å². The minimum absolute atomic E-state index is 0.0487. The van der Waals surface area contributed by atoms with Gasteiger partial charge in [-0.15, -0.1) is 10.2 Å². The zero-order chi connectivity index (χ0) is 20.5. The zero-order valence-electron chi connectivity index (χ0n) is 16.3. The highest BCUT2D eigenvalue weighted by atomic mass is 32.1. The maximum Gasteiger partial charge on any atom is 0.286 e. The van der Waals surface area contributed by atoms with Gasteiger partial charge in [-0.1, -0.05) is 11.3 Å². The highest BCUT2D eigenvalue weighted by Gasteiger charge is 2.14. The Hall–Kier alpha value is -2.56. The highest BCUT2D eigenvalue weighted by molar-refractivity contribution is 7.13. The summed E-state index contributed by atoms with van der Waals surface area (Å²) >= 11 is 1.13. The van der Waals surface area contributed by atoms with E-state index in [-0.39, 0.29) is 30.0 Å². The van der Waals surface area contributed by atoms with Gasteiger partial charge >= 0.3 is 0 Å². The SMILES string of the molecule is COc1ccc(NC(=O)c2nnc(COCC(=O)NCCN3CCCC3)s2)cc1. The van der Waals surface area contributed by atoms with Crippen LogP contribution in [0.1, 0.15) is 27.7 Å². The normalized spacial score (nSPS) is 14.0.